The van der Waals surface area contributed by atoms with Crippen LogP contribution in [0.25, 0.3) is 21.5 Å². The molecule has 0 spiro atoms. The SMILES string of the molecule is O=CC(=O)c1cc2ccc(Br)cc2c2cc(Br)ccc12. The molecule has 4 heteroatoms. The zero-order valence-corrected chi connectivity index (χ0v) is 13.4. The smallest absolute Gasteiger partial charge is 0.226 e. The lowest BCUT2D eigenvalue weighted by molar-refractivity contribution is -0.104. The van der Waals surface area contributed by atoms with Gasteiger partial charge in [-0.2, -0.15) is 0 Å². The maximum absolute atomic E-state index is 11.8. The molecule has 0 heterocycles. The van der Waals surface area contributed by atoms with Crippen molar-refractivity contribution in [1.82, 2.24) is 0 Å². The summed E-state index contributed by atoms with van der Waals surface area (Å²) in [7, 11) is 0. The minimum Gasteiger partial charge on any atom is -0.294 e. The minimum absolute atomic E-state index is 0.363. The summed E-state index contributed by atoms with van der Waals surface area (Å²) >= 11 is 6.91. The highest BCUT2D eigenvalue weighted by molar-refractivity contribution is 9.10. The molecule has 0 bridgehead atoms. The highest BCUT2D eigenvalue weighted by Gasteiger charge is 2.13. The first kappa shape index (κ1) is 13.5. The van der Waals surface area contributed by atoms with Crippen molar-refractivity contribution in [2.75, 3.05) is 0 Å². The summed E-state index contributed by atoms with van der Waals surface area (Å²) in [6, 6.07) is 13.3. The molecule has 2 nitrogen and oxygen atoms in total. The molecule has 0 aromatic heterocycles. The average molecular weight is 392 g/mol. The van der Waals surface area contributed by atoms with E-state index in [0.717, 1.165) is 30.5 Å². The maximum atomic E-state index is 11.8. The van der Waals surface area contributed by atoms with E-state index in [1.165, 1.54) is 0 Å². The number of aldehydes is 1. The zero-order chi connectivity index (χ0) is 14.3. The van der Waals surface area contributed by atoms with E-state index in [0.29, 0.717) is 11.8 Å². The Morgan fingerprint density at radius 2 is 1.50 bits per heavy atom. The third-order valence-corrected chi connectivity index (χ3v) is 4.24. The number of benzene rings is 3. The van der Waals surface area contributed by atoms with Gasteiger partial charge in [0, 0.05) is 14.5 Å². The molecule has 3 aromatic rings. The Morgan fingerprint density at radius 1 is 0.850 bits per heavy atom. The van der Waals surface area contributed by atoms with Gasteiger partial charge in [0.05, 0.1) is 0 Å². The van der Waals surface area contributed by atoms with Gasteiger partial charge in [0.2, 0.25) is 5.78 Å². The van der Waals surface area contributed by atoms with E-state index in [-0.39, 0.29) is 0 Å². The summed E-state index contributed by atoms with van der Waals surface area (Å²) in [5.41, 5.74) is 0.442. The molecule has 0 saturated heterocycles. The van der Waals surface area contributed by atoms with Crippen LogP contribution in [0.2, 0.25) is 0 Å². The quantitative estimate of drug-likeness (QED) is 0.269. The van der Waals surface area contributed by atoms with Gasteiger partial charge in [0.15, 0.2) is 6.29 Å². The van der Waals surface area contributed by atoms with E-state index in [1.54, 1.807) is 6.07 Å². The zero-order valence-electron chi connectivity index (χ0n) is 10.2. The number of hydrogen-bond acceptors (Lipinski definition) is 2. The van der Waals surface area contributed by atoms with E-state index in [4.69, 9.17) is 0 Å². The van der Waals surface area contributed by atoms with Gasteiger partial charge >= 0.3 is 0 Å². The number of carbonyl (C=O) groups excluding carboxylic acids is 2. The molecule has 0 fully saturated rings. The lowest BCUT2D eigenvalue weighted by Crippen LogP contribution is -2.01. The molecule has 3 aromatic carbocycles. The molecular weight excluding hydrogens is 384 g/mol. The van der Waals surface area contributed by atoms with Crippen LogP contribution in [-0.2, 0) is 4.79 Å². The monoisotopic (exact) mass is 390 g/mol. The number of halogens is 2. The summed E-state index contributed by atoms with van der Waals surface area (Å²) in [5.74, 6) is -0.498. The van der Waals surface area contributed by atoms with Crippen LogP contribution in [0.3, 0.4) is 0 Å². The van der Waals surface area contributed by atoms with Crippen LogP contribution in [0.4, 0.5) is 0 Å². The molecule has 0 aliphatic rings. The second-order valence-corrected chi connectivity index (χ2v) is 6.29. The predicted octanol–water partition coefficient (Wildman–Crippen LogP) is 4.90. The summed E-state index contributed by atoms with van der Waals surface area (Å²) in [5, 5.41) is 3.71. The Bertz CT molecular complexity index is 869. The van der Waals surface area contributed by atoms with E-state index >= 15 is 0 Å². The van der Waals surface area contributed by atoms with Gasteiger partial charge in [-0.15, -0.1) is 0 Å². The second kappa shape index (κ2) is 5.11. The van der Waals surface area contributed by atoms with Crippen molar-refractivity contribution in [1.29, 1.82) is 0 Å². The van der Waals surface area contributed by atoms with E-state index in [2.05, 4.69) is 31.9 Å². The Kier molecular flexibility index (Phi) is 3.44. The molecule has 0 aliphatic carbocycles. The van der Waals surface area contributed by atoms with Gasteiger partial charge in [0.25, 0.3) is 0 Å². The Hall–Kier alpha value is -1.52. The minimum atomic E-state index is -0.498. The van der Waals surface area contributed by atoms with Crippen LogP contribution in [0.15, 0.2) is 51.4 Å². The molecule has 0 atom stereocenters. The van der Waals surface area contributed by atoms with Crippen molar-refractivity contribution in [2.45, 2.75) is 0 Å². The molecule has 0 N–H and O–H groups in total. The molecule has 0 aliphatic heterocycles. The number of Topliss-reactive ketones (excluding diaryl/α,β-unsaturated/α-hetero) is 1. The Balaban J connectivity index is 2.55. The number of rotatable bonds is 2. The van der Waals surface area contributed by atoms with E-state index in [1.807, 2.05) is 36.4 Å². The second-order valence-electron chi connectivity index (χ2n) is 4.46. The average Bonchev–Trinajstić information content (AvgIpc) is 2.45. The molecule has 98 valence electrons. The lowest BCUT2D eigenvalue weighted by atomic mass is 9.95. The van der Waals surface area contributed by atoms with Gasteiger partial charge in [-0.05, 0) is 51.9 Å². The molecule has 0 amide bonds. The first-order chi connectivity index (χ1) is 9.60. The largest absolute Gasteiger partial charge is 0.294 e. The number of fused-ring (bicyclic) bond motifs is 3. The van der Waals surface area contributed by atoms with Crippen molar-refractivity contribution in [3.8, 4) is 0 Å². The Labute approximate surface area is 132 Å². The lowest BCUT2D eigenvalue weighted by Gasteiger charge is -2.09. The summed E-state index contributed by atoms with van der Waals surface area (Å²) in [6.07, 6.45) is 0.363. The third kappa shape index (κ3) is 2.19. The third-order valence-electron chi connectivity index (χ3n) is 3.25. The highest BCUT2D eigenvalue weighted by Crippen LogP contribution is 2.32. The fourth-order valence-corrected chi connectivity index (χ4v) is 3.08. The molecule has 0 radical (unpaired) electrons. The fourth-order valence-electron chi connectivity index (χ4n) is 2.36. The van der Waals surface area contributed by atoms with E-state index < -0.39 is 5.78 Å². The summed E-state index contributed by atoms with van der Waals surface area (Å²) in [4.78, 5) is 22.7. The standard InChI is InChI=1S/C16H8Br2O2/c17-10-2-1-9-5-15(16(20)8-19)12-4-3-11(18)7-14(12)13(9)6-10/h1-8H. The van der Waals surface area contributed by atoms with Gasteiger partial charge < -0.3 is 0 Å². The van der Waals surface area contributed by atoms with Gasteiger partial charge in [-0.3, -0.25) is 9.59 Å². The van der Waals surface area contributed by atoms with Crippen LogP contribution in [-0.4, -0.2) is 12.1 Å². The van der Waals surface area contributed by atoms with Crippen LogP contribution < -0.4 is 0 Å². The van der Waals surface area contributed by atoms with Crippen molar-refractivity contribution < 1.29 is 9.59 Å². The molecule has 0 saturated carbocycles. The fraction of sp³-hybridized carbons (Fsp3) is 0. The van der Waals surface area contributed by atoms with Crippen molar-refractivity contribution in [2.24, 2.45) is 0 Å². The molecule has 0 unspecified atom stereocenters. The van der Waals surface area contributed by atoms with Gasteiger partial charge in [-0.1, -0.05) is 44.0 Å². The van der Waals surface area contributed by atoms with Crippen LogP contribution >= 0.6 is 31.9 Å². The number of carbonyl (C=O) groups is 2. The van der Waals surface area contributed by atoms with Crippen LogP contribution in [0, 0.1) is 0 Å². The van der Waals surface area contributed by atoms with Crippen molar-refractivity contribution in [3.05, 3.63) is 57.0 Å². The molecule has 3 rings (SSSR count). The maximum Gasteiger partial charge on any atom is 0.226 e. The number of hydrogen-bond donors (Lipinski definition) is 0. The van der Waals surface area contributed by atoms with Crippen molar-refractivity contribution in [3.63, 3.8) is 0 Å². The van der Waals surface area contributed by atoms with Gasteiger partial charge in [0.1, 0.15) is 0 Å². The summed E-state index contributed by atoms with van der Waals surface area (Å²) in [6.45, 7) is 0. The van der Waals surface area contributed by atoms with E-state index in [9.17, 15) is 9.59 Å². The molecule has 20 heavy (non-hydrogen) atoms. The topological polar surface area (TPSA) is 34.1 Å². The highest BCUT2D eigenvalue weighted by atomic mass is 79.9. The molecular formula is C16H8Br2O2. The summed E-state index contributed by atoms with van der Waals surface area (Å²) < 4.78 is 1.91. The first-order valence-electron chi connectivity index (χ1n) is 5.91. The Morgan fingerprint density at radius 3 is 2.20 bits per heavy atom. The normalized spacial score (nSPS) is 10.9. The van der Waals surface area contributed by atoms with Gasteiger partial charge in [-0.25, -0.2) is 0 Å². The first-order valence-corrected chi connectivity index (χ1v) is 7.50. The van der Waals surface area contributed by atoms with Crippen molar-refractivity contribution >= 4 is 65.5 Å². The van der Waals surface area contributed by atoms with Crippen LogP contribution in [0.1, 0.15) is 10.4 Å². The predicted molar refractivity (Wildman–Crippen MR) is 87.2 cm³/mol. The van der Waals surface area contributed by atoms with Crippen LogP contribution in [0.5, 0.6) is 0 Å². The number of ketones is 1.